The first-order valence-electron chi connectivity index (χ1n) is 7.17. The standard InChI is InChI=1S/C17H14N6O/c1-24-15-8-6-14(7-9-15)23-17(20-21-22-23)10-11-19-16-5-3-2-4-13(16)12-18/h2-11,19H,1H3/b11-10+. The number of para-hydroxylation sites is 1. The Morgan fingerprint density at radius 2 is 1.96 bits per heavy atom. The van der Waals surface area contributed by atoms with Gasteiger partial charge in [0.25, 0.3) is 0 Å². The van der Waals surface area contributed by atoms with Crippen LogP contribution in [0.2, 0.25) is 0 Å². The lowest BCUT2D eigenvalue weighted by Gasteiger charge is -2.04. The smallest absolute Gasteiger partial charge is 0.181 e. The fourth-order valence-corrected chi connectivity index (χ4v) is 2.12. The summed E-state index contributed by atoms with van der Waals surface area (Å²) in [6, 6.07) is 16.8. The highest BCUT2D eigenvalue weighted by molar-refractivity contribution is 5.60. The molecular weight excluding hydrogens is 304 g/mol. The van der Waals surface area contributed by atoms with E-state index in [4.69, 9.17) is 10.00 Å². The molecule has 2 aromatic carbocycles. The van der Waals surface area contributed by atoms with E-state index in [1.807, 2.05) is 42.5 Å². The van der Waals surface area contributed by atoms with Gasteiger partial charge in [-0.3, -0.25) is 0 Å². The Labute approximate surface area is 138 Å². The van der Waals surface area contributed by atoms with Gasteiger partial charge in [-0.1, -0.05) is 12.1 Å². The molecule has 0 atom stereocenters. The molecule has 118 valence electrons. The van der Waals surface area contributed by atoms with Crippen molar-refractivity contribution < 1.29 is 4.74 Å². The number of anilines is 1. The largest absolute Gasteiger partial charge is 0.497 e. The van der Waals surface area contributed by atoms with Gasteiger partial charge in [-0.25, -0.2) is 0 Å². The Bertz CT molecular complexity index is 892. The van der Waals surface area contributed by atoms with Crippen molar-refractivity contribution in [3.8, 4) is 17.5 Å². The normalized spacial score (nSPS) is 10.5. The van der Waals surface area contributed by atoms with Gasteiger partial charge < -0.3 is 10.1 Å². The molecule has 0 bridgehead atoms. The molecule has 0 spiro atoms. The molecule has 0 aliphatic heterocycles. The maximum Gasteiger partial charge on any atom is 0.181 e. The second kappa shape index (κ2) is 7.07. The van der Waals surface area contributed by atoms with Crippen molar-refractivity contribution >= 4 is 11.8 Å². The SMILES string of the molecule is COc1ccc(-n2nnnc2/C=C/Nc2ccccc2C#N)cc1. The highest BCUT2D eigenvalue weighted by Gasteiger charge is 2.05. The lowest BCUT2D eigenvalue weighted by molar-refractivity contribution is 0.414. The first-order chi connectivity index (χ1) is 11.8. The zero-order valence-corrected chi connectivity index (χ0v) is 12.9. The number of rotatable bonds is 5. The van der Waals surface area contributed by atoms with E-state index in [-0.39, 0.29) is 0 Å². The Morgan fingerprint density at radius 3 is 2.71 bits per heavy atom. The van der Waals surface area contributed by atoms with E-state index >= 15 is 0 Å². The minimum absolute atomic E-state index is 0.558. The first-order valence-corrected chi connectivity index (χ1v) is 7.17. The predicted molar refractivity (Wildman–Crippen MR) is 89.5 cm³/mol. The number of methoxy groups -OCH3 is 1. The zero-order valence-electron chi connectivity index (χ0n) is 12.9. The lowest BCUT2D eigenvalue weighted by atomic mass is 10.2. The zero-order chi connectivity index (χ0) is 16.8. The van der Waals surface area contributed by atoms with Gasteiger partial charge in [-0.05, 0) is 46.8 Å². The summed E-state index contributed by atoms with van der Waals surface area (Å²) in [5, 5.41) is 23.8. The van der Waals surface area contributed by atoms with Gasteiger partial charge in [-0.15, -0.1) is 5.10 Å². The van der Waals surface area contributed by atoms with Crippen LogP contribution in [-0.4, -0.2) is 27.3 Å². The number of nitrogens with one attached hydrogen (secondary N) is 1. The summed E-state index contributed by atoms with van der Waals surface area (Å²) in [6.45, 7) is 0. The van der Waals surface area contributed by atoms with E-state index in [1.165, 1.54) is 0 Å². The molecule has 1 aromatic heterocycles. The third-order valence-electron chi connectivity index (χ3n) is 3.33. The molecule has 0 saturated carbocycles. The fraction of sp³-hybridized carbons (Fsp3) is 0.0588. The van der Waals surface area contributed by atoms with Gasteiger partial charge >= 0.3 is 0 Å². The van der Waals surface area contributed by atoms with Crippen LogP contribution < -0.4 is 10.1 Å². The second-order valence-corrected chi connectivity index (χ2v) is 4.78. The lowest BCUT2D eigenvalue weighted by Crippen LogP contribution is -2.00. The van der Waals surface area contributed by atoms with E-state index in [0.717, 1.165) is 17.1 Å². The molecule has 0 fully saturated rings. The molecule has 0 saturated heterocycles. The monoisotopic (exact) mass is 318 g/mol. The third kappa shape index (κ3) is 3.23. The van der Waals surface area contributed by atoms with Gasteiger partial charge in [0.15, 0.2) is 5.82 Å². The van der Waals surface area contributed by atoms with Crippen molar-refractivity contribution in [2.45, 2.75) is 0 Å². The fourth-order valence-electron chi connectivity index (χ4n) is 2.12. The van der Waals surface area contributed by atoms with Crippen LogP contribution in [0, 0.1) is 11.3 Å². The molecule has 0 aliphatic carbocycles. The minimum Gasteiger partial charge on any atom is -0.497 e. The van der Waals surface area contributed by atoms with E-state index < -0.39 is 0 Å². The Kier molecular flexibility index (Phi) is 4.49. The van der Waals surface area contributed by atoms with Gasteiger partial charge in [0.05, 0.1) is 24.0 Å². The van der Waals surface area contributed by atoms with E-state index in [2.05, 4.69) is 26.9 Å². The Balaban J connectivity index is 1.79. The predicted octanol–water partition coefficient (Wildman–Crippen LogP) is 2.63. The van der Waals surface area contributed by atoms with Crippen molar-refractivity contribution in [2.75, 3.05) is 12.4 Å². The first kappa shape index (κ1) is 15.2. The van der Waals surface area contributed by atoms with Crippen LogP contribution in [0.15, 0.2) is 54.7 Å². The number of nitrogens with zero attached hydrogens (tertiary/aromatic N) is 5. The summed E-state index contributed by atoms with van der Waals surface area (Å²) in [7, 11) is 1.62. The quantitative estimate of drug-likeness (QED) is 0.778. The van der Waals surface area contributed by atoms with Crippen LogP contribution in [-0.2, 0) is 0 Å². The number of hydrogen-bond donors (Lipinski definition) is 1. The van der Waals surface area contributed by atoms with E-state index in [9.17, 15) is 0 Å². The number of hydrogen-bond acceptors (Lipinski definition) is 6. The molecule has 3 aromatic rings. The summed E-state index contributed by atoms with van der Waals surface area (Å²) >= 11 is 0. The van der Waals surface area contributed by atoms with Crippen LogP contribution in [0.3, 0.4) is 0 Å². The van der Waals surface area contributed by atoms with Gasteiger partial charge in [0, 0.05) is 12.3 Å². The number of ether oxygens (including phenoxy) is 1. The molecule has 7 heteroatoms. The number of benzene rings is 2. The highest BCUT2D eigenvalue weighted by Crippen LogP contribution is 2.16. The summed E-state index contributed by atoms with van der Waals surface area (Å²) in [4.78, 5) is 0. The molecule has 3 rings (SSSR count). The van der Waals surface area contributed by atoms with Crippen LogP contribution in [0.5, 0.6) is 5.75 Å². The second-order valence-electron chi connectivity index (χ2n) is 4.78. The molecular formula is C17H14N6O. The molecule has 24 heavy (non-hydrogen) atoms. The molecule has 1 N–H and O–H groups in total. The van der Waals surface area contributed by atoms with E-state index in [0.29, 0.717) is 11.4 Å². The number of nitriles is 1. The van der Waals surface area contributed by atoms with Crippen LogP contribution >= 0.6 is 0 Å². The maximum atomic E-state index is 9.08. The number of aromatic nitrogens is 4. The van der Waals surface area contributed by atoms with Crippen molar-refractivity contribution in [2.24, 2.45) is 0 Å². The topological polar surface area (TPSA) is 88.7 Å². The van der Waals surface area contributed by atoms with Gasteiger partial charge in [-0.2, -0.15) is 9.94 Å². The van der Waals surface area contributed by atoms with Gasteiger partial charge in [0.1, 0.15) is 11.8 Å². The Hall–Kier alpha value is -3.66. The van der Waals surface area contributed by atoms with Crippen molar-refractivity contribution in [3.63, 3.8) is 0 Å². The molecule has 1 heterocycles. The molecule has 0 radical (unpaired) electrons. The molecule has 0 aliphatic rings. The Morgan fingerprint density at radius 1 is 1.17 bits per heavy atom. The van der Waals surface area contributed by atoms with Crippen LogP contribution in [0.4, 0.5) is 5.69 Å². The third-order valence-corrected chi connectivity index (χ3v) is 3.33. The highest BCUT2D eigenvalue weighted by atomic mass is 16.5. The average Bonchev–Trinajstić information content (AvgIpc) is 3.10. The summed E-state index contributed by atoms with van der Waals surface area (Å²) in [6.07, 6.45) is 3.43. The van der Waals surface area contributed by atoms with Crippen molar-refractivity contribution in [1.29, 1.82) is 5.26 Å². The van der Waals surface area contributed by atoms with Gasteiger partial charge in [0.2, 0.25) is 0 Å². The van der Waals surface area contributed by atoms with E-state index in [1.54, 1.807) is 30.1 Å². The summed E-state index contributed by atoms with van der Waals surface area (Å²) in [5.74, 6) is 1.32. The van der Waals surface area contributed by atoms with Crippen LogP contribution in [0.1, 0.15) is 11.4 Å². The van der Waals surface area contributed by atoms with Crippen LogP contribution in [0.25, 0.3) is 11.8 Å². The summed E-state index contributed by atoms with van der Waals surface area (Å²) < 4.78 is 6.75. The average molecular weight is 318 g/mol. The number of tetrazole rings is 1. The molecule has 7 nitrogen and oxygen atoms in total. The minimum atomic E-state index is 0.558. The van der Waals surface area contributed by atoms with Crippen molar-refractivity contribution in [1.82, 2.24) is 20.2 Å². The molecule has 0 amide bonds. The summed E-state index contributed by atoms with van der Waals surface area (Å²) in [5.41, 5.74) is 2.11. The molecule has 0 unspecified atom stereocenters. The van der Waals surface area contributed by atoms with Crippen molar-refractivity contribution in [3.05, 3.63) is 66.1 Å². The maximum absolute atomic E-state index is 9.08.